The molecule has 3 saturated heterocycles. The lowest BCUT2D eigenvalue weighted by atomic mass is 9.74. The van der Waals surface area contributed by atoms with Gasteiger partial charge in [-0.3, -0.25) is 4.90 Å². The molecular formula is C24H27NO2. The first-order chi connectivity index (χ1) is 13.1. The molecule has 0 spiro atoms. The van der Waals surface area contributed by atoms with Crippen molar-refractivity contribution in [2.75, 3.05) is 26.7 Å². The highest BCUT2D eigenvalue weighted by Crippen LogP contribution is 2.38. The molecule has 140 valence electrons. The maximum absolute atomic E-state index is 11.7. The van der Waals surface area contributed by atoms with Crippen molar-refractivity contribution in [3.63, 3.8) is 0 Å². The minimum absolute atomic E-state index is 0.428. The molecule has 2 bridgehead atoms. The van der Waals surface area contributed by atoms with Gasteiger partial charge in [0.1, 0.15) is 5.60 Å². The number of hydrogen-bond donors (Lipinski definition) is 1. The molecule has 1 N–H and O–H groups in total. The summed E-state index contributed by atoms with van der Waals surface area (Å²) in [5.41, 5.74) is 0.839. The van der Waals surface area contributed by atoms with Crippen LogP contribution >= 0.6 is 0 Å². The highest BCUT2D eigenvalue weighted by atomic mass is 16.5. The van der Waals surface area contributed by atoms with E-state index in [2.05, 4.69) is 16.7 Å². The maximum atomic E-state index is 11.7. The van der Waals surface area contributed by atoms with Crippen LogP contribution in [-0.4, -0.2) is 42.4 Å². The third-order valence-electron chi connectivity index (χ3n) is 6.15. The van der Waals surface area contributed by atoms with Crippen LogP contribution in [0.2, 0.25) is 0 Å². The van der Waals surface area contributed by atoms with Crippen LogP contribution in [0, 0.1) is 24.7 Å². The van der Waals surface area contributed by atoms with E-state index in [-0.39, 0.29) is 0 Å². The molecule has 3 aliphatic rings. The van der Waals surface area contributed by atoms with E-state index in [0.717, 1.165) is 49.2 Å². The van der Waals surface area contributed by atoms with Gasteiger partial charge in [-0.25, -0.2) is 0 Å². The number of hydrogen-bond acceptors (Lipinski definition) is 3. The van der Waals surface area contributed by atoms with Gasteiger partial charge in [0.2, 0.25) is 0 Å². The minimum Gasteiger partial charge on any atom is -0.369 e. The number of benzene rings is 2. The molecule has 0 radical (unpaired) electrons. The Balaban J connectivity index is 1.80. The highest BCUT2D eigenvalue weighted by Gasteiger charge is 2.46. The van der Waals surface area contributed by atoms with Crippen molar-refractivity contribution < 1.29 is 9.84 Å². The van der Waals surface area contributed by atoms with Gasteiger partial charge in [-0.05, 0) is 32.9 Å². The third-order valence-corrected chi connectivity index (χ3v) is 6.15. The Morgan fingerprint density at radius 3 is 2.37 bits per heavy atom. The second-order valence-electron chi connectivity index (χ2n) is 7.84. The summed E-state index contributed by atoms with van der Waals surface area (Å²) in [6.07, 6.45) is 2.22. The lowest BCUT2D eigenvalue weighted by Crippen LogP contribution is -2.59. The molecule has 1 unspecified atom stereocenters. The van der Waals surface area contributed by atoms with E-state index in [1.807, 2.05) is 61.5 Å². The van der Waals surface area contributed by atoms with Crippen molar-refractivity contribution in [1.29, 1.82) is 0 Å². The first-order valence-electron chi connectivity index (χ1n) is 9.73. The summed E-state index contributed by atoms with van der Waals surface area (Å²) in [4.78, 5) is 2.42. The molecule has 3 heteroatoms. The summed E-state index contributed by atoms with van der Waals surface area (Å²) in [5.74, 6) is 7.09. The van der Waals surface area contributed by atoms with Crippen molar-refractivity contribution >= 4 is 0 Å². The zero-order valence-electron chi connectivity index (χ0n) is 16.1. The van der Waals surface area contributed by atoms with Gasteiger partial charge in [0.05, 0.1) is 0 Å². The van der Waals surface area contributed by atoms with Crippen LogP contribution in [0.25, 0.3) is 0 Å². The van der Waals surface area contributed by atoms with E-state index in [1.54, 1.807) is 7.11 Å². The number of nitrogens with zero attached hydrogens (tertiary/aromatic N) is 1. The first kappa shape index (κ1) is 18.3. The standard InChI is InChI=1S/C24H27NO2/c1-19-7-6-10-22(17-19)24(26,21-8-4-3-5-9-21)14-13-23(27-2)18-25-15-11-20(23)12-16-25/h3-10,17,20,26H,11-12,15-16,18H2,1-2H3/t23-,24?/m1/s1. The average molecular weight is 361 g/mol. The van der Waals surface area contributed by atoms with Gasteiger partial charge in [-0.1, -0.05) is 72.0 Å². The molecule has 27 heavy (non-hydrogen) atoms. The molecule has 0 amide bonds. The Kier molecular flexibility index (Phi) is 4.82. The minimum atomic E-state index is -1.36. The van der Waals surface area contributed by atoms with Crippen LogP contribution in [0.4, 0.5) is 0 Å². The number of methoxy groups -OCH3 is 1. The van der Waals surface area contributed by atoms with E-state index in [9.17, 15) is 5.11 Å². The second-order valence-corrected chi connectivity index (χ2v) is 7.84. The lowest BCUT2D eigenvalue weighted by molar-refractivity contribution is -0.0964. The van der Waals surface area contributed by atoms with Crippen molar-refractivity contribution in [3.05, 3.63) is 71.3 Å². The fraction of sp³-hybridized carbons (Fsp3) is 0.417. The Morgan fingerprint density at radius 2 is 1.78 bits per heavy atom. The first-order valence-corrected chi connectivity index (χ1v) is 9.73. The number of aryl methyl sites for hydroxylation is 1. The summed E-state index contributed by atoms with van der Waals surface area (Å²) in [6, 6.07) is 17.7. The molecule has 3 nitrogen and oxygen atoms in total. The molecule has 2 atom stereocenters. The van der Waals surface area contributed by atoms with Crippen molar-refractivity contribution in [2.45, 2.75) is 31.0 Å². The number of aliphatic hydroxyl groups is 1. The molecule has 0 saturated carbocycles. The second kappa shape index (κ2) is 7.13. The smallest absolute Gasteiger partial charge is 0.176 e. The Morgan fingerprint density at radius 1 is 1.07 bits per heavy atom. The topological polar surface area (TPSA) is 32.7 Å². The lowest BCUT2D eigenvalue weighted by Gasteiger charge is -2.49. The molecule has 5 rings (SSSR count). The molecule has 3 heterocycles. The summed E-state index contributed by atoms with van der Waals surface area (Å²) < 4.78 is 5.98. The molecule has 2 aromatic carbocycles. The number of piperidine rings is 3. The van der Waals surface area contributed by atoms with Crippen molar-refractivity contribution in [2.24, 2.45) is 5.92 Å². The molecule has 0 aromatic heterocycles. The van der Waals surface area contributed by atoms with Gasteiger partial charge in [0.15, 0.2) is 5.60 Å². The quantitative estimate of drug-likeness (QED) is 0.851. The van der Waals surface area contributed by atoms with Crippen LogP contribution < -0.4 is 0 Å². The maximum Gasteiger partial charge on any atom is 0.176 e. The predicted octanol–water partition coefficient (Wildman–Crippen LogP) is 3.35. The SMILES string of the molecule is CO[C@]1(C#CC(O)(c2ccccc2)c2cccc(C)c2)CN2CCC1CC2. The monoisotopic (exact) mass is 361 g/mol. The summed E-state index contributed by atoms with van der Waals surface area (Å²) >= 11 is 0. The Bertz CT molecular complexity index is 861. The van der Waals surface area contributed by atoms with E-state index in [4.69, 9.17) is 4.74 Å². The number of ether oxygens (including phenoxy) is 1. The average Bonchev–Trinajstić information content (AvgIpc) is 2.73. The number of rotatable bonds is 3. The fourth-order valence-electron chi connectivity index (χ4n) is 4.50. The molecule has 0 aliphatic carbocycles. The van der Waals surface area contributed by atoms with Crippen LogP contribution in [0.3, 0.4) is 0 Å². The largest absolute Gasteiger partial charge is 0.369 e. The number of fused-ring (bicyclic) bond motifs is 3. The van der Waals surface area contributed by atoms with E-state index in [0.29, 0.717) is 5.92 Å². The summed E-state index contributed by atoms with van der Waals surface area (Å²) in [6.45, 7) is 5.10. The highest BCUT2D eigenvalue weighted by molar-refractivity contribution is 5.46. The van der Waals surface area contributed by atoms with Crippen molar-refractivity contribution in [3.8, 4) is 11.8 Å². The zero-order valence-corrected chi connectivity index (χ0v) is 16.1. The Labute approximate surface area is 162 Å². The fourth-order valence-corrected chi connectivity index (χ4v) is 4.50. The zero-order chi connectivity index (χ0) is 18.9. The molecule has 3 fully saturated rings. The van der Waals surface area contributed by atoms with Gasteiger partial charge < -0.3 is 9.84 Å². The third kappa shape index (κ3) is 3.30. The van der Waals surface area contributed by atoms with Crippen LogP contribution in [0.1, 0.15) is 29.5 Å². The molecule has 2 aromatic rings. The van der Waals surface area contributed by atoms with Crippen LogP contribution in [0.5, 0.6) is 0 Å². The van der Waals surface area contributed by atoms with E-state index in [1.165, 1.54) is 0 Å². The van der Waals surface area contributed by atoms with E-state index >= 15 is 0 Å². The summed E-state index contributed by atoms with van der Waals surface area (Å²) in [7, 11) is 1.75. The predicted molar refractivity (Wildman–Crippen MR) is 107 cm³/mol. The summed E-state index contributed by atoms with van der Waals surface area (Å²) in [5, 5.41) is 11.7. The van der Waals surface area contributed by atoms with Gasteiger partial charge in [0, 0.05) is 30.7 Å². The van der Waals surface area contributed by atoms with Gasteiger partial charge in [-0.15, -0.1) is 0 Å². The Hall–Kier alpha value is -2.12. The molecule has 3 aliphatic heterocycles. The normalized spacial score (nSPS) is 28.9. The molecular weight excluding hydrogens is 334 g/mol. The van der Waals surface area contributed by atoms with E-state index < -0.39 is 11.2 Å². The van der Waals surface area contributed by atoms with Crippen molar-refractivity contribution in [1.82, 2.24) is 4.90 Å². The van der Waals surface area contributed by atoms with Gasteiger partial charge >= 0.3 is 0 Å². The van der Waals surface area contributed by atoms with Crippen LogP contribution in [-0.2, 0) is 10.3 Å². The van der Waals surface area contributed by atoms with Crippen LogP contribution in [0.15, 0.2) is 54.6 Å². The van der Waals surface area contributed by atoms with Gasteiger partial charge in [-0.2, -0.15) is 0 Å². The van der Waals surface area contributed by atoms with Gasteiger partial charge in [0.25, 0.3) is 0 Å².